The Bertz CT molecular complexity index is 918. The third kappa shape index (κ3) is 4.36. The van der Waals surface area contributed by atoms with Gasteiger partial charge < -0.3 is 9.26 Å². The maximum Gasteiger partial charge on any atom is 0.259 e. The maximum absolute atomic E-state index is 12.9. The van der Waals surface area contributed by atoms with Crippen LogP contribution in [-0.2, 0) is 6.61 Å². The van der Waals surface area contributed by atoms with Crippen LogP contribution in [0.1, 0.15) is 34.3 Å². The number of halogens is 1. The molecule has 0 spiro atoms. The predicted molar refractivity (Wildman–Crippen MR) is 106 cm³/mol. The number of amides is 1. The fourth-order valence-corrected chi connectivity index (χ4v) is 2.91. The largest absolute Gasteiger partial charge is 0.489 e. The summed E-state index contributed by atoms with van der Waals surface area (Å²) in [5.41, 5.74) is 2.26. The zero-order valence-corrected chi connectivity index (χ0v) is 17.0. The number of benzene rings is 1. The first-order valence-corrected chi connectivity index (χ1v) is 9.37. The van der Waals surface area contributed by atoms with Crippen molar-refractivity contribution in [3.63, 3.8) is 0 Å². The van der Waals surface area contributed by atoms with E-state index in [1.165, 1.54) is 0 Å². The van der Waals surface area contributed by atoms with Crippen LogP contribution in [0.2, 0.25) is 0 Å². The van der Waals surface area contributed by atoms with Crippen LogP contribution in [0, 0.1) is 13.8 Å². The average Bonchev–Trinajstić information content (AvgIpc) is 3.00. The normalized spacial score (nSPS) is 10.7. The Morgan fingerprint density at radius 2 is 2.07 bits per heavy atom. The molecule has 0 unspecified atom stereocenters. The highest BCUT2D eigenvalue weighted by Crippen LogP contribution is 2.21. The first-order chi connectivity index (χ1) is 13.0. The minimum atomic E-state index is -0.130. The van der Waals surface area contributed by atoms with Crippen LogP contribution >= 0.6 is 15.9 Å². The van der Waals surface area contributed by atoms with Gasteiger partial charge in [0.2, 0.25) is 0 Å². The zero-order chi connectivity index (χ0) is 19.4. The molecule has 140 valence electrons. The lowest BCUT2D eigenvalue weighted by Gasteiger charge is -2.20. The highest BCUT2D eigenvalue weighted by Gasteiger charge is 2.18. The van der Waals surface area contributed by atoms with E-state index >= 15 is 0 Å². The first-order valence-electron chi connectivity index (χ1n) is 8.57. The molecule has 27 heavy (non-hydrogen) atoms. The number of rotatable bonds is 6. The van der Waals surface area contributed by atoms with Crippen molar-refractivity contribution in [2.45, 2.75) is 27.4 Å². The van der Waals surface area contributed by atoms with E-state index in [0.29, 0.717) is 30.3 Å². The minimum Gasteiger partial charge on any atom is -0.489 e. The molecule has 0 aliphatic heterocycles. The van der Waals surface area contributed by atoms with Crippen LogP contribution in [0.25, 0.3) is 0 Å². The minimum absolute atomic E-state index is 0.130. The summed E-state index contributed by atoms with van der Waals surface area (Å²) in [5.74, 6) is 1.82. The number of aromatic nitrogens is 2. The number of aryl methyl sites for hydroxylation is 2. The van der Waals surface area contributed by atoms with Gasteiger partial charge in [0, 0.05) is 22.8 Å². The fourth-order valence-electron chi connectivity index (χ4n) is 2.68. The molecule has 0 radical (unpaired) electrons. The van der Waals surface area contributed by atoms with Crippen molar-refractivity contribution < 1.29 is 14.1 Å². The number of anilines is 1. The van der Waals surface area contributed by atoms with Crippen LogP contribution in [0.3, 0.4) is 0 Å². The van der Waals surface area contributed by atoms with Crippen molar-refractivity contribution in [3.8, 4) is 5.75 Å². The number of pyridine rings is 1. The summed E-state index contributed by atoms with van der Waals surface area (Å²) in [7, 11) is 0. The smallest absolute Gasteiger partial charge is 0.259 e. The van der Waals surface area contributed by atoms with Gasteiger partial charge in [-0.3, -0.25) is 9.69 Å². The van der Waals surface area contributed by atoms with E-state index < -0.39 is 0 Å². The molecule has 0 N–H and O–H groups in total. The van der Waals surface area contributed by atoms with Gasteiger partial charge in [-0.25, -0.2) is 4.98 Å². The molecule has 1 aromatic carbocycles. The Morgan fingerprint density at radius 3 is 2.70 bits per heavy atom. The van der Waals surface area contributed by atoms with E-state index in [9.17, 15) is 4.79 Å². The van der Waals surface area contributed by atoms with Gasteiger partial charge in [-0.15, -0.1) is 0 Å². The summed E-state index contributed by atoms with van der Waals surface area (Å²) < 4.78 is 11.9. The zero-order valence-electron chi connectivity index (χ0n) is 15.4. The second kappa shape index (κ2) is 8.35. The summed E-state index contributed by atoms with van der Waals surface area (Å²) in [6, 6.07) is 10.8. The summed E-state index contributed by atoms with van der Waals surface area (Å²) in [6.07, 6.45) is 1.68. The summed E-state index contributed by atoms with van der Waals surface area (Å²) in [6.45, 7) is 6.49. The highest BCUT2D eigenvalue weighted by molar-refractivity contribution is 9.10. The second-order valence-corrected chi connectivity index (χ2v) is 6.92. The van der Waals surface area contributed by atoms with Crippen molar-refractivity contribution in [1.82, 2.24) is 10.1 Å². The second-order valence-electron chi connectivity index (χ2n) is 6.00. The Morgan fingerprint density at radius 1 is 1.26 bits per heavy atom. The van der Waals surface area contributed by atoms with E-state index in [-0.39, 0.29) is 5.91 Å². The summed E-state index contributed by atoms with van der Waals surface area (Å²) >= 11 is 3.36. The SMILES string of the molecule is CCN(C(=O)c1cccc(OCc2c(C)noc2C)c1)c1ccc(Br)cn1. The van der Waals surface area contributed by atoms with Crippen LogP contribution in [0.15, 0.2) is 51.6 Å². The molecule has 0 saturated heterocycles. The van der Waals surface area contributed by atoms with Gasteiger partial charge in [-0.05, 0) is 67.0 Å². The topological polar surface area (TPSA) is 68.5 Å². The third-order valence-corrected chi connectivity index (χ3v) is 4.66. The monoisotopic (exact) mass is 429 g/mol. The predicted octanol–water partition coefficient (Wildman–Crippen LogP) is 4.69. The lowest BCUT2D eigenvalue weighted by atomic mass is 10.2. The molecule has 0 bridgehead atoms. The van der Waals surface area contributed by atoms with E-state index in [1.807, 2.05) is 39.0 Å². The third-order valence-electron chi connectivity index (χ3n) is 4.20. The Hall–Kier alpha value is -2.67. The Labute approximate surface area is 166 Å². The molecule has 2 heterocycles. The molecule has 3 rings (SSSR count). The molecule has 0 atom stereocenters. The number of carbonyl (C=O) groups is 1. The van der Waals surface area contributed by atoms with Crippen molar-refractivity contribution in [3.05, 3.63) is 69.6 Å². The van der Waals surface area contributed by atoms with E-state index in [0.717, 1.165) is 21.5 Å². The van der Waals surface area contributed by atoms with Gasteiger partial charge in [-0.1, -0.05) is 11.2 Å². The lowest BCUT2D eigenvalue weighted by molar-refractivity contribution is 0.0987. The molecule has 3 aromatic rings. The van der Waals surface area contributed by atoms with E-state index in [1.54, 1.807) is 29.3 Å². The van der Waals surface area contributed by atoms with Crippen molar-refractivity contribution >= 4 is 27.7 Å². The van der Waals surface area contributed by atoms with Crippen molar-refractivity contribution in [2.75, 3.05) is 11.4 Å². The van der Waals surface area contributed by atoms with Gasteiger partial charge in [0.1, 0.15) is 23.9 Å². The lowest BCUT2D eigenvalue weighted by Crippen LogP contribution is -2.31. The summed E-state index contributed by atoms with van der Waals surface area (Å²) in [4.78, 5) is 18.9. The quantitative estimate of drug-likeness (QED) is 0.568. The number of hydrogen-bond acceptors (Lipinski definition) is 5. The van der Waals surface area contributed by atoms with E-state index in [4.69, 9.17) is 9.26 Å². The maximum atomic E-state index is 12.9. The van der Waals surface area contributed by atoms with Crippen LogP contribution in [0.4, 0.5) is 5.82 Å². The standard InChI is InChI=1S/C20H20BrN3O3/c1-4-24(19-9-8-16(21)11-22-19)20(25)15-6-5-7-17(10-15)26-12-18-13(2)23-27-14(18)3/h5-11H,4,12H2,1-3H3. The summed E-state index contributed by atoms with van der Waals surface area (Å²) in [5, 5.41) is 3.92. The van der Waals surface area contributed by atoms with Crippen molar-refractivity contribution in [2.24, 2.45) is 0 Å². The molecule has 0 saturated carbocycles. The van der Waals surface area contributed by atoms with Gasteiger partial charge in [0.15, 0.2) is 0 Å². The molecular weight excluding hydrogens is 410 g/mol. The number of ether oxygens (including phenoxy) is 1. The average molecular weight is 430 g/mol. The number of hydrogen-bond donors (Lipinski definition) is 0. The van der Waals surface area contributed by atoms with Gasteiger partial charge in [-0.2, -0.15) is 0 Å². The molecule has 0 fully saturated rings. The molecule has 0 aliphatic rings. The molecule has 6 nitrogen and oxygen atoms in total. The van der Waals surface area contributed by atoms with Crippen LogP contribution in [-0.4, -0.2) is 22.6 Å². The number of carbonyl (C=O) groups excluding carboxylic acids is 1. The van der Waals surface area contributed by atoms with Gasteiger partial charge in [0.25, 0.3) is 5.91 Å². The van der Waals surface area contributed by atoms with Gasteiger partial charge >= 0.3 is 0 Å². The van der Waals surface area contributed by atoms with Crippen LogP contribution in [0.5, 0.6) is 5.75 Å². The van der Waals surface area contributed by atoms with Crippen molar-refractivity contribution in [1.29, 1.82) is 0 Å². The molecule has 7 heteroatoms. The van der Waals surface area contributed by atoms with Gasteiger partial charge in [0.05, 0.1) is 11.3 Å². The molecule has 0 aliphatic carbocycles. The Kier molecular flexibility index (Phi) is 5.91. The highest BCUT2D eigenvalue weighted by atomic mass is 79.9. The molecule has 1 amide bonds. The fraction of sp³-hybridized carbons (Fsp3) is 0.250. The van der Waals surface area contributed by atoms with Crippen LogP contribution < -0.4 is 9.64 Å². The number of nitrogens with zero attached hydrogens (tertiary/aromatic N) is 3. The van der Waals surface area contributed by atoms with E-state index in [2.05, 4.69) is 26.1 Å². The Balaban J connectivity index is 1.77. The molecular formula is C20H20BrN3O3. The molecule has 2 aromatic heterocycles. The first kappa shape index (κ1) is 19.1.